The van der Waals surface area contributed by atoms with Gasteiger partial charge in [-0.1, -0.05) is 34.1 Å². The van der Waals surface area contributed by atoms with E-state index in [0.717, 1.165) is 0 Å². The van der Waals surface area contributed by atoms with Gasteiger partial charge in [0.1, 0.15) is 5.60 Å². The van der Waals surface area contributed by atoms with E-state index in [0.29, 0.717) is 10.0 Å². The van der Waals surface area contributed by atoms with Crippen LogP contribution in [0.3, 0.4) is 0 Å². The smallest absolute Gasteiger partial charge is 0.309 e. The van der Waals surface area contributed by atoms with Crippen LogP contribution >= 0.6 is 15.9 Å². The third kappa shape index (κ3) is 2.38. The largest absolute Gasteiger partial charge is 0.481 e. The fourth-order valence-corrected chi connectivity index (χ4v) is 2.03. The Morgan fingerprint density at radius 3 is 2.47 bits per heavy atom. The Bertz CT molecular complexity index is 374. The second kappa shape index (κ2) is 4.33. The van der Waals surface area contributed by atoms with Crippen molar-refractivity contribution in [1.29, 1.82) is 0 Å². The lowest BCUT2D eigenvalue weighted by Crippen LogP contribution is -2.35. The second-order valence-electron chi connectivity index (χ2n) is 3.69. The number of hydrogen-bond donors (Lipinski definition) is 2. The average Bonchev–Trinajstić information content (AvgIpc) is 2.16. The SMILES string of the molecule is CC(C(=O)O)C(C)(O)c1ccccc1Br. The van der Waals surface area contributed by atoms with Crippen molar-refractivity contribution < 1.29 is 15.0 Å². The summed E-state index contributed by atoms with van der Waals surface area (Å²) in [6.45, 7) is 2.99. The third-order valence-corrected chi connectivity index (χ3v) is 3.32. The second-order valence-corrected chi connectivity index (χ2v) is 4.54. The summed E-state index contributed by atoms with van der Waals surface area (Å²) in [5, 5.41) is 19.1. The minimum atomic E-state index is -1.38. The van der Waals surface area contributed by atoms with Gasteiger partial charge in [0.15, 0.2) is 0 Å². The maximum Gasteiger partial charge on any atom is 0.309 e. The molecule has 0 aliphatic rings. The first-order chi connectivity index (χ1) is 6.87. The molecule has 0 aliphatic heterocycles. The Morgan fingerprint density at radius 2 is 2.00 bits per heavy atom. The van der Waals surface area contributed by atoms with E-state index in [1.165, 1.54) is 13.8 Å². The number of carbonyl (C=O) groups is 1. The lowest BCUT2D eigenvalue weighted by Gasteiger charge is -2.28. The molecule has 0 radical (unpaired) electrons. The number of aliphatic hydroxyl groups is 1. The molecule has 3 nitrogen and oxygen atoms in total. The first-order valence-electron chi connectivity index (χ1n) is 4.57. The molecule has 0 bridgehead atoms. The van der Waals surface area contributed by atoms with Gasteiger partial charge in [0.2, 0.25) is 0 Å². The molecule has 2 unspecified atom stereocenters. The van der Waals surface area contributed by atoms with Gasteiger partial charge in [0.05, 0.1) is 5.92 Å². The zero-order valence-electron chi connectivity index (χ0n) is 8.57. The number of halogens is 1. The Kier molecular flexibility index (Phi) is 3.52. The third-order valence-electron chi connectivity index (χ3n) is 2.63. The Balaban J connectivity index is 3.16. The molecule has 82 valence electrons. The molecule has 0 fully saturated rings. The Morgan fingerprint density at radius 1 is 1.47 bits per heavy atom. The summed E-state index contributed by atoms with van der Waals surface area (Å²) in [6, 6.07) is 7.07. The summed E-state index contributed by atoms with van der Waals surface area (Å²) in [7, 11) is 0. The molecule has 0 aliphatic carbocycles. The van der Waals surface area contributed by atoms with E-state index in [4.69, 9.17) is 5.11 Å². The van der Waals surface area contributed by atoms with E-state index in [9.17, 15) is 9.90 Å². The van der Waals surface area contributed by atoms with Gasteiger partial charge in [-0.15, -0.1) is 0 Å². The molecule has 0 heterocycles. The summed E-state index contributed by atoms with van der Waals surface area (Å²) >= 11 is 3.30. The first kappa shape index (κ1) is 12.2. The summed E-state index contributed by atoms with van der Waals surface area (Å²) in [5.41, 5.74) is -0.800. The number of rotatable bonds is 3. The molecule has 0 saturated heterocycles. The van der Waals surface area contributed by atoms with Crippen molar-refractivity contribution in [2.45, 2.75) is 19.4 Å². The van der Waals surface area contributed by atoms with Crippen LogP contribution in [0.15, 0.2) is 28.7 Å². The van der Waals surface area contributed by atoms with Gasteiger partial charge in [-0.2, -0.15) is 0 Å². The quantitative estimate of drug-likeness (QED) is 0.888. The van der Waals surface area contributed by atoms with Gasteiger partial charge in [-0.05, 0) is 25.5 Å². The van der Waals surface area contributed by atoms with E-state index in [1.54, 1.807) is 18.2 Å². The molecule has 1 aromatic rings. The predicted octanol–water partition coefficient (Wildman–Crippen LogP) is 2.38. The van der Waals surface area contributed by atoms with Crippen LogP contribution in [0.4, 0.5) is 0 Å². The fraction of sp³-hybridized carbons (Fsp3) is 0.364. The molecule has 0 saturated carbocycles. The number of benzene rings is 1. The highest BCUT2D eigenvalue weighted by Gasteiger charge is 2.36. The molecule has 1 rings (SSSR count). The fourth-order valence-electron chi connectivity index (χ4n) is 1.35. The van der Waals surface area contributed by atoms with E-state index >= 15 is 0 Å². The molecule has 0 amide bonds. The standard InChI is InChI=1S/C11H13BrO3/c1-7(10(13)14)11(2,15)8-5-3-4-6-9(8)12/h3-7,15H,1-2H3,(H,13,14). The Labute approximate surface area is 96.9 Å². The Hall–Kier alpha value is -0.870. The minimum absolute atomic E-state index is 0.583. The van der Waals surface area contributed by atoms with Crippen LogP contribution in [0.2, 0.25) is 0 Å². The number of carboxylic acids is 1. The van der Waals surface area contributed by atoms with Crippen molar-refractivity contribution in [2.75, 3.05) is 0 Å². The van der Waals surface area contributed by atoms with E-state index in [1.807, 2.05) is 6.07 Å². The van der Waals surface area contributed by atoms with Crippen LogP contribution in [0.1, 0.15) is 19.4 Å². The number of hydrogen-bond acceptors (Lipinski definition) is 2. The van der Waals surface area contributed by atoms with Gasteiger partial charge in [0, 0.05) is 4.47 Å². The molecule has 15 heavy (non-hydrogen) atoms. The van der Waals surface area contributed by atoms with Crippen LogP contribution in [-0.2, 0) is 10.4 Å². The molecular weight excluding hydrogens is 260 g/mol. The van der Waals surface area contributed by atoms with Crippen molar-refractivity contribution >= 4 is 21.9 Å². The average molecular weight is 273 g/mol. The summed E-state index contributed by atoms with van der Waals surface area (Å²) in [5.74, 6) is -1.88. The normalized spacial score (nSPS) is 16.8. The van der Waals surface area contributed by atoms with E-state index < -0.39 is 17.5 Å². The van der Waals surface area contributed by atoms with E-state index in [-0.39, 0.29) is 0 Å². The van der Waals surface area contributed by atoms with Crippen LogP contribution in [0.5, 0.6) is 0 Å². The minimum Gasteiger partial charge on any atom is -0.481 e. The van der Waals surface area contributed by atoms with Gasteiger partial charge < -0.3 is 10.2 Å². The van der Waals surface area contributed by atoms with Crippen molar-refractivity contribution in [3.8, 4) is 0 Å². The van der Waals surface area contributed by atoms with Crippen LogP contribution in [0.25, 0.3) is 0 Å². The molecule has 1 aromatic carbocycles. The highest BCUT2D eigenvalue weighted by atomic mass is 79.9. The maximum atomic E-state index is 10.9. The summed E-state index contributed by atoms with van der Waals surface area (Å²) in [6.07, 6.45) is 0. The molecule has 4 heteroatoms. The molecule has 0 spiro atoms. The first-order valence-corrected chi connectivity index (χ1v) is 5.37. The molecule has 0 aromatic heterocycles. The molecule has 2 atom stereocenters. The monoisotopic (exact) mass is 272 g/mol. The van der Waals surface area contributed by atoms with Gasteiger partial charge >= 0.3 is 5.97 Å². The lowest BCUT2D eigenvalue weighted by atomic mass is 9.84. The molecule has 2 N–H and O–H groups in total. The van der Waals surface area contributed by atoms with Crippen molar-refractivity contribution in [3.63, 3.8) is 0 Å². The number of carboxylic acid groups (broad SMARTS) is 1. The van der Waals surface area contributed by atoms with Crippen LogP contribution in [-0.4, -0.2) is 16.2 Å². The van der Waals surface area contributed by atoms with Crippen LogP contribution < -0.4 is 0 Å². The van der Waals surface area contributed by atoms with Crippen molar-refractivity contribution in [1.82, 2.24) is 0 Å². The highest BCUT2D eigenvalue weighted by molar-refractivity contribution is 9.10. The highest BCUT2D eigenvalue weighted by Crippen LogP contribution is 2.34. The summed E-state index contributed by atoms with van der Waals surface area (Å²) in [4.78, 5) is 10.9. The van der Waals surface area contributed by atoms with Gasteiger partial charge in [-0.25, -0.2) is 0 Å². The summed E-state index contributed by atoms with van der Waals surface area (Å²) < 4.78 is 0.711. The topological polar surface area (TPSA) is 57.5 Å². The van der Waals surface area contributed by atoms with Crippen molar-refractivity contribution in [3.05, 3.63) is 34.3 Å². The number of aliphatic carboxylic acids is 1. The van der Waals surface area contributed by atoms with Crippen LogP contribution in [0, 0.1) is 5.92 Å². The zero-order valence-corrected chi connectivity index (χ0v) is 10.2. The maximum absolute atomic E-state index is 10.9. The van der Waals surface area contributed by atoms with E-state index in [2.05, 4.69) is 15.9 Å². The zero-order chi connectivity index (χ0) is 11.6. The van der Waals surface area contributed by atoms with Gasteiger partial charge in [-0.3, -0.25) is 4.79 Å². The predicted molar refractivity (Wildman–Crippen MR) is 60.5 cm³/mol. The molecular formula is C11H13BrO3. The van der Waals surface area contributed by atoms with Gasteiger partial charge in [0.25, 0.3) is 0 Å². The lowest BCUT2D eigenvalue weighted by molar-refractivity contribution is -0.150. The van der Waals surface area contributed by atoms with Crippen molar-refractivity contribution in [2.24, 2.45) is 5.92 Å².